The van der Waals surface area contributed by atoms with Crippen LogP contribution in [0.25, 0.3) is 0 Å². The van der Waals surface area contributed by atoms with Crippen LogP contribution in [0.15, 0.2) is 12.3 Å². The molecule has 1 N–H and O–H groups in total. The molecule has 0 amide bonds. The molecule has 1 aliphatic rings. The third kappa shape index (κ3) is 4.72. The molecular weight excluding hydrogens is 182 g/mol. The molecule has 0 aromatic rings. The van der Waals surface area contributed by atoms with Gasteiger partial charge >= 0.3 is 0 Å². The fraction of sp³-hybridized carbons (Fsp3) is 0.857. The number of hydrogen-bond donors (Lipinski definition) is 1. The molecule has 1 heteroatoms. The average molecular weight is 209 g/mol. The molecule has 0 atom stereocenters. The first-order chi connectivity index (χ1) is 7.00. The molecule has 1 fully saturated rings. The maximum absolute atomic E-state index is 4.16. The second kappa shape index (κ2) is 5.58. The Hall–Kier alpha value is -0.460. The SMILES string of the molecule is C=C(NC1CCCCCCC1)C(C)(C)C. The van der Waals surface area contributed by atoms with Crippen molar-refractivity contribution in [2.75, 3.05) is 0 Å². The van der Waals surface area contributed by atoms with Gasteiger partial charge in [0.25, 0.3) is 0 Å². The van der Waals surface area contributed by atoms with Gasteiger partial charge in [-0.05, 0) is 12.8 Å². The summed E-state index contributed by atoms with van der Waals surface area (Å²) in [5, 5.41) is 3.63. The van der Waals surface area contributed by atoms with E-state index in [9.17, 15) is 0 Å². The zero-order chi connectivity index (χ0) is 11.3. The number of nitrogens with one attached hydrogen (secondary N) is 1. The van der Waals surface area contributed by atoms with Crippen LogP contribution in [0.1, 0.15) is 65.7 Å². The lowest BCUT2D eigenvalue weighted by Crippen LogP contribution is -2.33. The molecule has 0 heterocycles. The van der Waals surface area contributed by atoms with Gasteiger partial charge in [-0.2, -0.15) is 0 Å². The van der Waals surface area contributed by atoms with Crippen molar-refractivity contribution in [1.82, 2.24) is 5.32 Å². The van der Waals surface area contributed by atoms with Crippen LogP contribution < -0.4 is 5.32 Å². The van der Waals surface area contributed by atoms with Crippen LogP contribution >= 0.6 is 0 Å². The molecule has 0 aromatic heterocycles. The van der Waals surface area contributed by atoms with Gasteiger partial charge in [-0.15, -0.1) is 0 Å². The van der Waals surface area contributed by atoms with E-state index in [4.69, 9.17) is 0 Å². The van der Waals surface area contributed by atoms with Gasteiger partial charge in [0.05, 0.1) is 0 Å². The molecule has 0 unspecified atom stereocenters. The summed E-state index contributed by atoms with van der Waals surface area (Å²) >= 11 is 0. The highest BCUT2D eigenvalue weighted by Crippen LogP contribution is 2.24. The fourth-order valence-electron chi connectivity index (χ4n) is 2.06. The predicted octanol–water partition coefficient (Wildman–Crippen LogP) is 4.25. The minimum atomic E-state index is 0.197. The lowest BCUT2D eigenvalue weighted by atomic mass is 9.90. The minimum absolute atomic E-state index is 0.197. The van der Waals surface area contributed by atoms with Gasteiger partial charge in [0, 0.05) is 17.2 Å². The smallest absolute Gasteiger partial charge is 0.0258 e. The standard InChI is InChI=1S/C14H27N/c1-12(14(2,3)4)15-13-10-8-6-5-7-9-11-13/h13,15H,1,5-11H2,2-4H3. The molecule has 15 heavy (non-hydrogen) atoms. The van der Waals surface area contributed by atoms with Crippen molar-refractivity contribution in [3.63, 3.8) is 0 Å². The third-order valence-electron chi connectivity index (χ3n) is 3.39. The normalized spacial score (nSPS) is 20.5. The molecule has 1 saturated carbocycles. The first kappa shape index (κ1) is 12.6. The van der Waals surface area contributed by atoms with Gasteiger partial charge in [-0.1, -0.05) is 59.5 Å². The average Bonchev–Trinajstić information content (AvgIpc) is 2.07. The molecule has 0 saturated heterocycles. The first-order valence-electron chi connectivity index (χ1n) is 6.46. The summed E-state index contributed by atoms with van der Waals surface area (Å²) in [7, 11) is 0. The van der Waals surface area contributed by atoms with Crippen LogP contribution in [0.2, 0.25) is 0 Å². The van der Waals surface area contributed by atoms with Crippen LogP contribution in [0.5, 0.6) is 0 Å². The van der Waals surface area contributed by atoms with Gasteiger partial charge < -0.3 is 5.32 Å². The summed E-state index contributed by atoms with van der Waals surface area (Å²) in [6.45, 7) is 10.8. The highest BCUT2D eigenvalue weighted by molar-refractivity contribution is 5.04. The largest absolute Gasteiger partial charge is 0.386 e. The molecule has 0 aliphatic heterocycles. The Labute approximate surface area is 95.3 Å². The van der Waals surface area contributed by atoms with Gasteiger partial charge in [0.15, 0.2) is 0 Å². The summed E-state index contributed by atoms with van der Waals surface area (Å²) in [6.07, 6.45) is 9.70. The predicted molar refractivity (Wildman–Crippen MR) is 67.8 cm³/mol. The highest BCUT2D eigenvalue weighted by Gasteiger charge is 2.18. The molecular formula is C14H27N. The maximum atomic E-state index is 4.16. The van der Waals surface area contributed by atoms with Gasteiger partial charge in [-0.25, -0.2) is 0 Å². The number of rotatable bonds is 2. The van der Waals surface area contributed by atoms with E-state index >= 15 is 0 Å². The lowest BCUT2D eigenvalue weighted by molar-refractivity contribution is 0.371. The molecule has 0 spiro atoms. The zero-order valence-corrected chi connectivity index (χ0v) is 10.7. The quantitative estimate of drug-likeness (QED) is 0.717. The summed E-state index contributed by atoms with van der Waals surface area (Å²) in [4.78, 5) is 0. The van der Waals surface area contributed by atoms with Crippen LogP contribution in [-0.2, 0) is 0 Å². The third-order valence-corrected chi connectivity index (χ3v) is 3.39. The molecule has 0 aromatic carbocycles. The maximum Gasteiger partial charge on any atom is 0.0258 e. The zero-order valence-electron chi connectivity index (χ0n) is 10.7. The Balaban J connectivity index is 2.38. The topological polar surface area (TPSA) is 12.0 Å². The Morgan fingerprint density at radius 1 is 1.00 bits per heavy atom. The van der Waals surface area contributed by atoms with Crippen molar-refractivity contribution < 1.29 is 0 Å². The second-order valence-electron chi connectivity index (χ2n) is 5.91. The van der Waals surface area contributed by atoms with E-state index in [1.807, 2.05) is 0 Å². The Kier molecular flexibility index (Phi) is 4.69. The number of allylic oxidation sites excluding steroid dienone is 1. The Morgan fingerprint density at radius 3 is 1.93 bits per heavy atom. The molecule has 88 valence electrons. The van der Waals surface area contributed by atoms with Crippen molar-refractivity contribution >= 4 is 0 Å². The van der Waals surface area contributed by atoms with E-state index in [1.165, 1.54) is 50.6 Å². The monoisotopic (exact) mass is 209 g/mol. The van der Waals surface area contributed by atoms with E-state index < -0.39 is 0 Å². The van der Waals surface area contributed by atoms with Crippen molar-refractivity contribution in [2.24, 2.45) is 5.41 Å². The second-order valence-corrected chi connectivity index (χ2v) is 5.91. The van der Waals surface area contributed by atoms with E-state index in [1.54, 1.807) is 0 Å². The summed E-state index contributed by atoms with van der Waals surface area (Å²) in [5.41, 5.74) is 1.40. The molecule has 1 nitrogen and oxygen atoms in total. The van der Waals surface area contributed by atoms with Gasteiger partial charge in [0.2, 0.25) is 0 Å². The van der Waals surface area contributed by atoms with Crippen LogP contribution in [-0.4, -0.2) is 6.04 Å². The fourth-order valence-corrected chi connectivity index (χ4v) is 2.06. The summed E-state index contributed by atoms with van der Waals surface area (Å²) in [6, 6.07) is 0.678. The van der Waals surface area contributed by atoms with Crippen LogP contribution in [0.3, 0.4) is 0 Å². The first-order valence-corrected chi connectivity index (χ1v) is 6.46. The van der Waals surface area contributed by atoms with Crippen LogP contribution in [0, 0.1) is 5.41 Å². The minimum Gasteiger partial charge on any atom is -0.386 e. The Morgan fingerprint density at radius 2 is 1.47 bits per heavy atom. The summed E-state index contributed by atoms with van der Waals surface area (Å²) in [5.74, 6) is 0. The van der Waals surface area contributed by atoms with Gasteiger partial charge in [-0.3, -0.25) is 0 Å². The van der Waals surface area contributed by atoms with Crippen molar-refractivity contribution in [1.29, 1.82) is 0 Å². The molecule has 1 rings (SSSR count). The van der Waals surface area contributed by atoms with Crippen molar-refractivity contribution in [3.8, 4) is 0 Å². The van der Waals surface area contributed by atoms with E-state index in [0.29, 0.717) is 6.04 Å². The molecule has 0 radical (unpaired) electrons. The van der Waals surface area contributed by atoms with E-state index in [2.05, 4.69) is 32.7 Å². The molecule has 1 aliphatic carbocycles. The number of hydrogen-bond acceptors (Lipinski definition) is 1. The van der Waals surface area contributed by atoms with E-state index in [0.717, 1.165) is 0 Å². The highest BCUT2D eigenvalue weighted by atomic mass is 14.9. The van der Waals surface area contributed by atoms with Crippen molar-refractivity contribution in [2.45, 2.75) is 71.8 Å². The van der Waals surface area contributed by atoms with Crippen LogP contribution in [0.4, 0.5) is 0 Å². The Bertz CT molecular complexity index is 192. The van der Waals surface area contributed by atoms with Gasteiger partial charge in [0.1, 0.15) is 0 Å². The van der Waals surface area contributed by atoms with E-state index in [-0.39, 0.29) is 5.41 Å². The lowest BCUT2D eigenvalue weighted by Gasteiger charge is -2.29. The van der Waals surface area contributed by atoms with Crippen molar-refractivity contribution in [3.05, 3.63) is 12.3 Å². The summed E-state index contributed by atoms with van der Waals surface area (Å²) < 4.78 is 0. The molecule has 0 bridgehead atoms.